The van der Waals surface area contributed by atoms with Gasteiger partial charge in [0.15, 0.2) is 5.78 Å². The predicted molar refractivity (Wildman–Crippen MR) is 104 cm³/mol. The minimum atomic E-state index is -0.912. The van der Waals surface area contributed by atoms with E-state index in [2.05, 4.69) is 15.7 Å². The van der Waals surface area contributed by atoms with Gasteiger partial charge in [0, 0.05) is 11.3 Å². The highest BCUT2D eigenvalue weighted by atomic mass is 32.2. The van der Waals surface area contributed by atoms with Crippen molar-refractivity contribution in [3.63, 3.8) is 0 Å². The van der Waals surface area contributed by atoms with Crippen molar-refractivity contribution in [1.29, 1.82) is 5.26 Å². The smallest absolute Gasteiger partial charge is 0.322 e. The lowest BCUT2D eigenvalue weighted by Crippen LogP contribution is -2.51. The van der Waals surface area contributed by atoms with Gasteiger partial charge in [-0.2, -0.15) is 10.3 Å². The van der Waals surface area contributed by atoms with E-state index < -0.39 is 23.4 Å². The Kier molecular flexibility index (Phi) is 5.88. The van der Waals surface area contributed by atoms with Crippen LogP contribution in [0.3, 0.4) is 0 Å². The van der Waals surface area contributed by atoms with Gasteiger partial charge in [-0.05, 0) is 32.8 Å². The maximum atomic E-state index is 12.7. The Morgan fingerprint density at radius 3 is 2.66 bits per heavy atom. The van der Waals surface area contributed by atoms with Crippen molar-refractivity contribution in [2.45, 2.75) is 56.5 Å². The molecule has 0 atom stereocenters. The highest BCUT2D eigenvalue weighted by Gasteiger charge is 2.52. The van der Waals surface area contributed by atoms with Crippen molar-refractivity contribution < 1.29 is 19.2 Å². The molecule has 29 heavy (non-hydrogen) atoms. The predicted octanol–water partition coefficient (Wildman–Crippen LogP) is 1.84. The Morgan fingerprint density at radius 1 is 1.34 bits per heavy atom. The number of nitriles is 1. The maximum absolute atomic E-state index is 12.7. The molecule has 1 aromatic heterocycles. The van der Waals surface area contributed by atoms with Crippen LogP contribution < -0.4 is 10.7 Å². The van der Waals surface area contributed by atoms with Gasteiger partial charge in [0.25, 0.3) is 5.91 Å². The molecule has 9 nitrogen and oxygen atoms in total. The van der Waals surface area contributed by atoms with Crippen molar-refractivity contribution in [3.8, 4) is 6.07 Å². The minimum Gasteiger partial charge on any atom is -0.322 e. The third kappa shape index (κ3) is 4.10. The summed E-state index contributed by atoms with van der Waals surface area (Å²) in [5, 5.41) is 13.1. The minimum absolute atomic E-state index is 0.148. The number of carbonyl (C=O) groups excluding carboxylic acids is 4. The normalized spacial score (nSPS) is 17.8. The molecular weight excluding hydrogens is 394 g/mol. The molecule has 0 unspecified atom stereocenters. The molecule has 1 saturated carbocycles. The summed E-state index contributed by atoms with van der Waals surface area (Å²) >= 11 is 1.00. The van der Waals surface area contributed by atoms with Gasteiger partial charge in [-0.25, -0.2) is 9.78 Å². The Balaban J connectivity index is 1.65. The van der Waals surface area contributed by atoms with E-state index in [0.29, 0.717) is 29.1 Å². The summed E-state index contributed by atoms with van der Waals surface area (Å²) in [5.41, 5.74) is 2.45. The number of aromatic nitrogens is 1. The number of hydrazine groups is 1. The number of thioether (sulfide) groups is 1. The van der Waals surface area contributed by atoms with Crippen molar-refractivity contribution in [3.05, 3.63) is 22.9 Å². The third-order valence-electron chi connectivity index (χ3n) is 5.12. The summed E-state index contributed by atoms with van der Waals surface area (Å²) in [5.74, 6) is -1.34. The van der Waals surface area contributed by atoms with E-state index in [1.807, 2.05) is 6.07 Å². The van der Waals surface area contributed by atoms with Crippen LogP contribution in [-0.2, 0) is 9.59 Å². The van der Waals surface area contributed by atoms with Gasteiger partial charge in [0.2, 0.25) is 5.91 Å². The molecule has 2 heterocycles. The number of amides is 4. The summed E-state index contributed by atoms with van der Waals surface area (Å²) in [6.45, 7) is 3.04. The highest BCUT2D eigenvalue weighted by Crippen LogP contribution is 2.33. The molecule has 3 rings (SSSR count). The first-order valence-electron chi connectivity index (χ1n) is 9.29. The summed E-state index contributed by atoms with van der Waals surface area (Å²) in [6.07, 6.45) is 3.85. The second-order valence-electron chi connectivity index (χ2n) is 7.18. The second kappa shape index (κ2) is 8.21. The number of nitrogens with one attached hydrogen (secondary N) is 2. The van der Waals surface area contributed by atoms with Crippen molar-refractivity contribution in [2.24, 2.45) is 0 Å². The Bertz CT molecular complexity index is 933. The molecule has 10 heteroatoms. The van der Waals surface area contributed by atoms with Crippen LogP contribution in [0.1, 0.15) is 60.6 Å². The zero-order valence-electron chi connectivity index (χ0n) is 16.2. The molecule has 4 amide bonds. The first-order chi connectivity index (χ1) is 13.8. The first kappa shape index (κ1) is 20.8. The van der Waals surface area contributed by atoms with Gasteiger partial charge >= 0.3 is 6.03 Å². The van der Waals surface area contributed by atoms with Crippen LogP contribution in [0.2, 0.25) is 0 Å². The Morgan fingerprint density at radius 2 is 2.03 bits per heavy atom. The Hall–Kier alpha value is -2.93. The highest BCUT2D eigenvalue weighted by molar-refractivity contribution is 8.00. The van der Waals surface area contributed by atoms with Gasteiger partial charge in [-0.15, -0.1) is 0 Å². The summed E-state index contributed by atoms with van der Waals surface area (Å²) in [4.78, 5) is 53.1. The van der Waals surface area contributed by atoms with Gasteiger partial charge in [-0.1, -0.05) is 31.0 Å². The SMILES string of the molecule is CC(=O)c1cc(C#N)c(SCC(=O)NN2C(=O)NC3(CCCCC3)C2=O)nc1C. The molecule has 1 aliphatic heterocycles. The monoisotopic (exact) mass is 415 g/mol. The number of urea groups is 1. The van der Waals surface area contributed by atoms with Crippen LogP contribution in [0, 0.1) is 18.3 Å². The van der Waals surface area contributed by atoms with Crippen LogP contribution >= 0.6 is 11.8 Å². The fraction of sp³-hybridized carbons (Fsp3) is 0.474. The van der Waals surface area contributed by atoms with Crippen LogP contribution in [-0.4, -0.2) is 44.9 Å². The molecular formula is C19H21N5O4S. The lowest BCUT2D eigenvalue weighted by atomic mass is 9.82. The van der Waals surface area contributed by atoms with E-state index in [1.165, 1.54) is 13.0 Å². The average molecular weight is 415 g/mol. The van der Waals surface area contributed by atoms with Crippen LogP contribution in [0.5, 0.6) is 0 Å². The molecule has 1 saturated heterocycles. The Labute approximate surface area is 172 Å². The first-order valence-corrected chi connectivity index (χ1v) is 10.3. The fourth-order valence-corrected chi connectivity index (χ4v) is 4.43. The topological polar surface area (TPSA) is 132 Å². The number of nitrogens with zero attached hydrogens (tertiary/aromatic N) is 3. The van der Waals surface area contributed by atoms with E-state index in [1.54, 1.807) is 6.92 Å². The van der Waals surface area contributed by atoms with Gasteiger partial charge in [0.05, 0.1) is 11.3 Å². The molecule has 1 aromatic rings. The van der Waals surface area contributed by atoms with E-state index in [-0.39, 0.29) is 17.1 Å². The molecule has 2 fully saturated rings. The van der Waals surface area contributed by atoms with Crippen molar-refractivity contribution in [1.82, 2.24) is 20.7 Å². The van der Waals surface area contributed by atoms with E-state index in [0.717, 1.165) is 36.0 Å². The number of hydrogen-bond donors (Lipinski definition) is 2. The number of hydrogen-bond acceptors (Lipinski definition) is 7. The molecule has 152 valence electrons. The summed E-state index contributed by atoms with van der Waals surface area (Å²) in [7, 11) is 0. The largest absolute Gasteiger partial charge is 0.344 e. The zero-order chi connectivity index (χ0) is 21.2. The van der Waals surface area contributed by atoms with Gasteiger partial charge in [-0.3, -0.25) is 19.8 Å². The number of pyridine rings is 1. The maximum Gasteiger partial charge on any atom is 0.344 e. The van der Waals surface area contributed by atoms with Crippen LogP contribution in [0.15, 0.2) is 11.1 Å². The molecule has 1 spiro atoms. The third-order valence-corrected chi connectivity index (χ3v) is 6.11. The number of carbonyl (C=O) groups is 4. The number of Topliss-reactive ketones (excluding diaryl/α,β-unsaturated/α-hetero) is 1. The molecule has 1 aliphatic carbocycles. The molecule has 0 bridgehead atoms. The average Bonchev–Trinajstić information content (AvgIpc) is 2.90. The van der Waals surface area contributed by atoms with E-state index >= 15 is 0 Å². The molecule has 0 radical (unpaired) electrons. The number of imide groups is 1. The number of ketones is 1. The molecule has 2 N–H and O–H groups in total. The van der Waals surface area contributed by atoms with Crippen molar-refractivity contribution in [2.75, 3.05) is 5.75 Å². The van der Waals surface area contributed by atoms with Gasteiger partial charge in [0.1, 0.15) is 16.6 Å². The number of aryl methyl sites for hydroxylation is 1. The lowest BCUT2D eigenvalue weighted by Gasteiger charge is -2.30. The van der Waals surface area contributed by atoms with Gasteiger partial charge < -0.3 is 5.32 Å². The number of rotatable bonds is 5. The van der Waals surface area contributed by atoms with Crippen LogP contribution in [0.25, 0.3) is 0 Å². The zero-order valence-corrected chi connectivity index (χ0v) is 17.0. The van der Waals surface area contributed by atoms with E-state index in [9.17, 15) is 24.4 Å². The molecule has 2 aliphatic rings. The molecule has 0 aromatic carbocycles. The standard InChI is InChI=1S/C19H21N5O4S/c1-11-14(12(2)25)8-13(9-20)16(21-11)29-10-15(26)23-24-17(27)19(22-18(24)28)6-4-3-5-7-19/h8H,3-7,10H2,1-2H3,(H,22,28)(H,23,26). The fourth-order valence-electron chi connectivity index (χ4n) is 3.64. The summed E-state index contributed by atoms with van der Waals surface area (Å²) < 4.78 is 0. The van der Waals surface area contributed by atoms with Crippen molar-refractivity contribution >= 4 is 35.4 Å². The second-order valence-corrected chi connectivity index (χ2v) is 8.14. The van der Waals surface area contributed by atoms with Crippen LogP contribution in [0.4, 0.5) is 4.79 Å². The summed E-state index contributed by atoms with van der Waals surface area (Å²) in [6, 6.07) is 2.79. The lowest BCUT2D eigenvalue weighted by molar-refractivity contribution is -0.139. The quantitative estimate of drug-likeness (QED) is 0.426. The van der Waals surface area contributed by atoms with E-state index in [4.69, 9.17) is 0 Å².